The van der Waals surface area contributed by atoms with Crippen LogP contribution in [0.25, 0.3) is 0 Å². The minimum absolute atomic E-state index is 0. The van der Waals surface area contributed by atoms with Crippen LogP contribution < -0.4 is 10.5 Å². The number of aryl methyl sites for hydroxylation is 1. The first kappa shape index (κ1) is 17.4. The summed E-state index contributed by atoms with van der Waals surface area (Å²) >= 11 is 0. The van der Waals surface area contributed by atoms with E-state index in [1.54, 1.807) is 0 Å². The Hall–Kier alpha value is -1.02. The SMILES string of the molecule is CC.CCC.Cc1cccc(OCCN)c1.[HH]. The van der Waals surface area contributed by atoms with Gasteiger partial charge in [0.2, 0.25) is 0 Å². The second-order valence-electron chi connectivity index (χ2n) is 3.16. The van der Waals surface area contributed by atoms with Crippen molar-refractivity contribution in [1.82, 2.24) is 0 Å². The van der Waals surface area contributed by atoms with Gasteiger partial charge >= 0.3 is 0 Å². The number of nitrogens with two attached hydrogens (primary N) is 1. The summed E-state index contributed by atoms with van der Waals surface area (Å²) in [5.41, 5.74) is 6.50. The number of benzene rings is 1. The quantitative estimate of drug-likeness (QED) is 0.846. The Morgan fingerprint density at radius 1 is 1.25 bits per heavy atom. The van der Waals surface area contributed by atoms with E-state index in [1.807, 2.05) is 45.0 Å². The summed E-state index contributed by atoms with van der Waals surface area (Å²) in [7, 11) is 0. The Kier molecular flexibility index (Phi) is 15.2. The van der Waals surface area contributed by atoms with Crippen molar-refractivity contribution in [2.24, 2.45) is 5.73 Å². The first-order valence-corrected chi connectivity index (χ1v) is 6.14. The molecule has 0 atom stereocenters. The lowest BCUT2D eigenvalue weighted by molar-refractivity contribution is 0.328. The Morgan fingerprint density at radius 2 is 1.81 bits per heavy atom. The monoisotopic (exact) mass is 227 g/mol. The Morgan fingerprint density at radius 3 is 2.25 bits per heavy atom. The predicted molar refractivity (Wildman–Crippen MR) is 75.2 cm³/mol. The van der Waals surface area contributed by atoms with Gasteiger partial charge in [-0.2, -0.15) is 0 Å². The molecule has 16 heavy (non-hydrogen) atoms. The van der Waals surface area contributed by atoms with E-state index >= 15 is 0 Å². The maximum atomic E-state index is 5.31. The fourth-order valence-electron chi connectivity index (χ4n) is 0.882. The average Bonchev–Trinajstić information content (AvgIpc) is 2.30. The summed E-state index contributed by atoms with van der Waals surface area (Å²) in [5.74, 6) is 0.899. The maximum Gasteiger partial charge on any atom is 0.119 e. The van der Waals surface area contributed by atoms with E-state index in [9.17, 15) is 0 Å². The molecule has 0 bridgehead atoms. The highest BCUT2D eigenvalue weighted by Gasteiger charge is 1.90. The molecule has 0 aromatic heterocycles. The molecule has 0 fully saturated rings. The molecule has 2 N–H and O–H groups in total. The van der Waals surface area contributed by atoms with Crippen molar-refractivity contribution >= 4 is 0 Å². The zero-order valence-electron chi connectivity index (χ0n) is 11.4. The van der Waals surface area contributed by atoms with Gasteiger partial charge in [-0.25, -0.2) is 0 Å². The van der Waals surface area contributed by atoms with Crippen molar-refractivity contribution < 1.29 is 6.16 Å². The van der Waals surface area contributed by atoms with Crippen molar-refractivity contribution in [2.45, 2.75) is 41.0 Å². The molecule has 0 aliphatic carbocycles. The van der Waals surface area contributed by atoms with Gasteiger partial charge in [0.1, 0.15) is 12.4 Å². The summed E-state index contributed by atoms with van der Waals surface area (Å²) in [4.78, 5) is 0. The van der Waals surface area contributed by atoms with Crippen molar-refractivity contribution in [1.29, 1.82) is 0 Å². The highest BCUT2D eigenvalue weighted by atomic mass is 16.5. The third-order valence-corrected chi connectivity index (χ3v) is 1.38. The molecule has 0 radical (unpaired) electrons. The number of hydrogen-bond donors (Lipinski definition) is 1. The van der Waals surface area contributed by atoms with E-state index in [2.05, 4.69) is 13.8 Å². The number of rotatable bonds is 3. The maximum absolute atomic E-state index is 5.31. The summed E-state index contributed by atoms with van der Waals surface area (Å²) in [6.45, 7) is 11.4. The summed E-state index contributed by atoms with van der Waals surface area (Å²) < 4.78 is 5.31. The minimum atomic E-state index is 0. The molecule has 2 heteroatoms. The second-order valence-corrected chi connectivity index (χ2v) is 3.16. The van der Waals surface area contributed by atoms with Crippen molar-refractivity contribution in [3.8, 4) is 5.75 Å². The van der Waals surface area contributed by atoms with Gasteiger partial charge in [-0.05, 0) is 24.6 Å². The molecule has 0 aliphatic heterocycles. The van der Waals surface area contributed by atoms with Crippen LogP contribution in [0.15, 0.2) is 24.3 Å². The highest BCUT2D eigenvalue weighted by molar-refractivity contribution is 5.27. The van der Waals surface area contributed by atoms with Gasteiger partial charge in [0.25, 0.3) is 0 Å². The summed E-state index contributed by atoms with van der Waals surface area (Å²) in [6.07, 6.45) is 1.25. The third-order valence-electron chi connectivity index (χ3n) is 1.38. The predicted octanol–water partition coefficient (Wildman–Crippen LogP) is 4.02. The van der Waals surface area contributed by atoms with E-state index in [1.165, 1.54) is 12.0 Å². The van der Waals surface area contributed by atoms with Crippen molar-refractivity contribution in [3.05, 3.63) is 29.8 Å². The van der Waals surface area contributed by atoms with E-state index in [0.29, 0.717) is 13.2 Å². The summed E-state index contributed by atoms with van der Waals surface area (Å²) in [5, 5.41) is 0. The standard InChI is InChI=1S/C9H13NO.C3H8.C2H6.H2/c1-8-3-2-4-9(7-8)11-6-5-10;1-3-2;1-2;/h2-4,7H,5-6,10H2,1H3;3H2,1-2H3;1-2H3;1H. The van der Waals surface area contributed by atoms with E-state index in [4.69, 9.17) is 10.5 Å². The summed E-state index contributed by atoms with van der Waals surface area (Å²) in [6, 6.07) is 7.94. The zero-order valence-corrected chi connectivity index (χ0v) is 11.4. The van der Waals surface area contributed by atoms with Gasteiger partial charge in [0.15, 0.2) is 0 Å². The van der Waals surface area contributed by atoms with Crippen LogP contribution in [0.1, 0.15) is 41.1 Å². The lowest BCUT2D eigenvalue weighted by atomic mass is 10.2. The topological polar surface area (TPSA) is 35.2 Å². The van der Waals surface area contributed by atoms with Gasteiger partial charge < -0.3 is 10.5 Å². The van der Waals surface area contributed by atoms with Crippen LogP contribution in [0.3, 0.4) is 0 Å². The largest absolute Gasteiger partial charge is 0.492 e. The van der Waals surface area contributed by atoms with Crippen LogP contribution in [0.5, 0.6) is 5.75 Å². The molecule has 96 valence electrons. The van der Waals surface area contributed by atoms with Gasteiger partial charge in [-0.1, -0.05) is 46.2 Å². The van der Waals surface area contributed by atoms with Crippen LogP contribution in [0.2, 0.25) is 0 Å². The first-order valence-electron chi connectivity index (χ1n) is 6.14. The molecule has 2 nitrogen and oxygen atoms in total. The second kappa shape index (κ2) is 14.0. The van der Waals surface area contributed by atoms with Crippen LogP contribution in [0.4, 0.5) is 0 Å². The van der Waals surface area contributed by atoms with Gasteiger partial charge in [0.05, 0.1) is 0 Å². The fourth-order valence-corrected chi connectivity index (χ4v) is 0.882. The molecule has 0 heterocycles. The Bertz CT molecular complexity index is 241. The molecular weight excluding hydrogens is 198 g/mol. The molecule has 1 rings (SSSR count). The normalized spacial score (nSPS) is 8.12. The molecule has 0 spiro atoms. The number of hydrogen-bond acceptors (Lipinski definition) is 2. The Balaban J connectivity index is -0.000000286. The molecule has 1 aromatic rings. The molecule has 0 unspecified atom stereocenters. The van der Waals surface area contributed by atoms with Gasteiger partial charge in [-0.3, -0.25) is 0 Å². The van der Waals surface area contributed by atoms with Crippen LogP contribution in [-0.2, 0) is 0 Å². The number of ether oxygens (including phenoxy) is 1. The van der Waals surface area contributed by atoms with Crippen LogP contribution in [-0.4, -0.2) is 13.2 Å². The smallest absolute Gasteiger partial charge is 0.119 e. The molecule has 0 aliphatic rings. The van der Waals surface area contributed by atoms with E-state index in [0.717, 1.165) is 5.75 Å². The first-order chi connectivity index (χ1) is 7.74. The lowest BCUT2D eigenvalue weighted by Gasteiger charge is -2.03. The molecule has 0 amide bonds. The zero-order chi connectivity index (χ0) is 12.8. The van der Waals surface area contributed by atoms with Crippen LogP contribution >= 0.6 is 0 Å². The van der Waals surface area contributed by atoms with Crippen molar-refractivity contribution in [2.75, 3.05) is 13.2 Å². The molecular formula is C14H29NO. The van der Waals surface area contributed by atoms with Gasteiger partial charge in [-0.15, -0.1) is 0 Å². The van der Waals surface area contributed by atoms with Crippen molar-refractivity contribution in [3.63, 3.8) is 0 Å². The molecule has 0 saturated carbocycles. The third kappa shape index (κ3) is 11.1. The average molecular weight is 227 g/mol. The molecule has 1 aromatic carbocycles. The van der Waals surface area contributed by atoms with Gasteiger partial charge in [0, 0.05) is 7.97 Å². The fraction of sp³-hybridized carbons (Fsp3) is 0.571. The minimum Gasteiger partial charge on any atom is -0.492 e. The van der Waals surface area contributed by atoms with E-state index < -0.39 is 0 Å². The Labute approximate surface area is 102 Å². The van der Waals surface area contributed by atoms with E-state index in [-0.39, 0.29) is 1.43 Å². The molecule has 0 saturated heterocycles. The van der Waals surface area contributed by atoms with Crippen LogP contribution in [0, 0.1) is 6.92 Å². The lowest BCUT2D eigenvalue weighted by Crippen LogP contribution is -2.10. The highest BCUT2D eigenvalue weighted by Crippen LogP contribution is 2.11.